The molecule has 0 saturated heterocycles. The number of carbonyl (C=O) groups is 1. The van der Waals surface area contributed by atoms with Gasteiger partial charge in [0, 0.05) is 30.7 Å². The number of imidazole rings is 1. The van der Waals surface area contributed by atoms with Gasteiger partial charge in [-0.05, 0) is 12.1 Å². The van der Waals surface area contributed by atoms with Crippen molar-refractivity contribution in [1.82, 2.24) is 24.6 Å². The van der Waals surface area contributed by atoms with Crippen LogP contribution in [0.2, 0.25) is 0 Å². The van der Waals surface area contributed by atoms with E-state index >= 15 is 0 Å². The first-order valence-corrected chi connectivity index (χ1v) is 9.67. The van der Waals surface area contributed by atoms with Crippen LogP contribution in [-0.4, -0.2) is 49.8 Å². The fourth-order valence-electron chi connectivity index (χ4n) is 2.86. The van der Waals surface area contributed by atoms with Gasteiger partial charge in [0.2, 0.25) is 0 Å². The minimum absolute atomic E-state index is 0.0109. The van der Waals surface area contributed by atoms with Crippen molar-refractivity contribution in [2.24, 2.45) is 0 Å². The molecule has 0 fully saturated rings. The highest BCUT2D eigenvalue weighted by Crippen LogP contribution is 2.25. The first-order valence-electron chi connectivity index (χ1n) is 9.67. The number of nitrogens with zero attached hydrogens (tertiary/aromatic N) is 3. The Balaban J connectivity index is 1.45. The van der Waals surface area contributed by atoms with Crippen LogP contribution in [0.5, 0.6) is 5.75 Å². The number of ether oxygens (including phenoxy) is 2. The highest BCUT2D eigenvalue weighted by atomic mass is 19.3. The van der Waals surface area contributed by atoms with E-state index in [1.54, 1.807) is 0 Å². The summed E-state index contributed by atoms with van der Waals surface area (Å²) < 4.78 is 65.9. The molecule has 0 unspecified atom stereocenters. The summed E-state index contributed by atoms with van der Waals surface area (Å²) in [7, 11) is 0. The number of fused-ring (bicyclic) bond motifs is 1. The van der Waals surface area contributed by atoms with E-state index in [-0.39, 0.29) is 22.7 Å². The van der Waals surface area contributed by atoms with Gasteiger partial charge in [0.05, 0.1) is 11.3 Å². The maximum atomic E-state index is 14.3. The summed E-state index contributed by atoms with van der Waals surface area (Å²) in [5.74, 6) is -5.87. The second-order valence-corrected chi connectivity index (χ2v) is 7.04. The van der Waals surface area contributed by atoms with E-state index in [0.717, 1.165) is 18.3 Å². The topological polar surface area (TPSA) is 143 Å². The van der Waals surface area contributed by atoms with E-state index < -0.39 is 53.8 Å². The molecule has 3 heterocycles. The number of aromatic nitrogens is 5. The molecule has 182 valence electrons. The second kappa shape index (κ2) is 9.28. The normalized spacial score (nSPS) is 11.4. The summed E-state index contributed by atoms with van der Waals surface area (Å²) >= 11 is 0. The van der Waals surface area contributed by atoms with Crippen LogP contribution in [0.4, 0.5) is 28.0 Å². The molecular formula is C20H14F4N6O5. The highest BCUT2D eigenvalue weighted by Gasteiger charge is 2.33. The number of benzene rings is 1. The largest absolute Gasteiger partial charge is 0.483 e. The molecule has 0 radical (unpaired) electrons. The van der Waals surface area contributed by atoms with Crippen molar-refractivity contribution in [1.29, 1.82) is 0 Å². The van der Waals surface area contributed by atoms with Crippen LogP contribution in [0.1, 0.15) is 0 Å². The minimum atomic E-state index is -3.69. The number of aromatic amines is 2. The lowest BCUT2D eigenvalue weighted by atomic mass is 10.2. The molecule has 3 N–H and O–H groups in total. The van der Waals surface area contributed by atoms with Crippen LogP contribution in [0, 0.1) is 11.6 Å². The number of anilines is 1. The molecule has 0 saturated carbocycles. The van der Waals surface area contributed by atoms with E-state index in [1.807, 2.05) is 10.3 Å². The SMILES string of the molecule is O=C(Nc1ccc(F)cc1F)OCC(F)(F)COc1cc(-c2c[nH]c(=O)[nH]c2=O)nn2ccnc12. The smallest absolute Gasteiger partial charge is 0.411 e. The van der Waals surface area contributed by atoms with Gasteiger partial charge in [0.25, 0.3) is 5.56 Å². The quantitative estimate of drug-likeness (QED) is 0.335. The minimum Gasteiger partial charge on any atom is -0.483 e. The van der Waals surface area contributed by atoms with Crippen molar-refractivity contribution in [2.45, 2.75) is 5.92 Å². The van der Waals surface area contributed by atoms with Crippen LogP contribution in [0.25, 0.3) is 16.9 Å². The number of halogens is 4. The van der Waals surface area contributed by atoms with E-state index in [2.05, 4.69) is 19.8 Å². The molecule has 35 heavy (non-hydrogen) atoms. The van der Waals surface area contributed by atoms with Crippen molar-refractivity contribution >= 4 is 17.4 Å². The highest BCUT2D eigenvalue weighted by molar-refractivity contribution is 5.84. The van der Waals surface area contributed by atoms with Crippen molar-refractivity contribution in [3.05, 3.63) is 75.3 Å². The van der Waals surface area contributed by atoms with Crippen molar-refractivity contribution in [2.75, 3.05) is 18.5 Å². The molecule has 3 aromatic heterocycles. The lowest BCUT2D eigenvalue weighted by Crippen LogP contribution is -2.33. The van der Waals surface area contributed by atoms with Gasteiger partial charge in [-0.15, -0.1) is 0 Å². The van der Waals surface area contributed by atoms with Crippen molar-refractivity contribution < 1.29 is 31.8 Å². The second-order valence-electron chi connectivity index (χ2n) is 7.04. The zero-order chi connectivity index (χ0) is 25.2. The van der Waals surface area contributed by atoms with Crippen LogP contribution in [0.3, 0.4) is 0 Å². The standard InChI is InChI=1S/C20H14F4N6O5/c21-10-1-2-13(12(22)5-10)27-19(33)35-9-20(23,24)8-34-15-6-14(29-30-4-3-25-16(15)30)11-7-26-18(32)28-17(11)31/h1-7H,8-9H2,(H,27,33)(H2,26,28,31,32). The average Bonchev–Trinajstić information content (AvgIpc) is 3.27. The first-order chi connectivity index (χ1) is 16.6. The predicted molar refractivity (Wildman–Crippen MR) is 111 cm³/mol. The number of H-pyrrole nitrogens is 2. The number of carbonyl (C=O) groups excluding carboxylic acids is 1. The molecule has 0 bridgehead atoms. The molecule has 0 aliphatic rings. The Bertz CT molecular complexity index is 1520. The first kappa shape index (κ1) is 23.5. The third-order valence-corrected chi connectivity index (χ3v) is 4.44. The van der Waals surface area contributed by atoms with Crippen LogP contribution in [-0.2, 0) is 4.74 Å². The molecule has 1 amide bonds. The Kier molecular flexibility index (Phi) is 6.22. The summed E-state index contributed by atoms with van der Waals surface area (Å²) in [5, 5.41) is 6.01. The lowest BCUT2D eigenvalue weighted by Gasteiger charge is -2.18. The summed E-state index contributed by atoms with van der Waals surface area (Å²) in [6, 6.07) is 3.43. The molecule has 0 aliphatic heterocycles. The van der Waals surface area contributed by atoms with Crippen LogP contribution < -0.4 is 21.3 Å². The monoisotopic (exact) mass is 494 g/mol. The third-order valence-electron chi connectivity index (χ3n) is 4.44. The Morgan fingerprint density at radius 2 is 1.97 bits per heavy atom. The molecule has 0 atom stereocenters. The van der Waals surface area contributed by atoms with E-state index in [4.69, 9.17) is 4.74 Å². The van der Waals surface area contributed by atoms with E-state index in [9.17, 15) is 31.9 Å². The number of hydrogen-bond acceptors (Lipinski definition) is 7. The van der Waals surface area contributed by atoms with Crippen molar-refractivity contribution in [3.63, 3.8) is 0 Å². The molecular weight excluding hydrogens is 480 g/mol. The molecule has 15 heteroatoms. The van der Waals surface area contributed by atoms with Crippen LogP contribution in [0.15, 0.2) is 52.4 Å². The van der Waals surface area contributed by atoms with Gasteiger partial charge in [-0.2, -0.15) is 13.9 Å². The summed E-state index contributed by atoms with van der Waals surface area (Å²) in [6.45, 7) is -2.69. The maximum Gasteiger partial charge on any atom is 0.411 e. The van der Waals surface area contributed by atoms with Gasteiger partial charge in [-0.3, -0.25) is 15.1 Å². The molecule has 1 aromatic carbocycles. The Labute approximate surface area is 191 Å². The number of amides is 1. The van der Waals surface area contributed by atoms with Gasteiger partial charge in [0.1, 0.15) is 17.3 Å². The summed E-state index contributed by atoms with van der Waals surface area (Å²) in [6.07, 6.45) is 2.40. The predicted octanol–water partition coefficient (Wildman–Crippen LogP) is 2.31. The van der Waals surface area contributed by atoms with Gasteiger partial charge >= 0.3 is 17.7 Å². The fraction of sp³-hybridized carbons (Fsp3) is 0.150. The zero-order valence-corrected chi connectivity index (χ0v) is 17.4. The third kappa shape index (κ3) is 5.45. The van der Waals surface area contributed by atoms with Gasteiger partial charge in [-0.1, -0.05) is 0 Å². The summed E-state index contributed by atoms with van der Waals surface area (Å²) in [5.41, 5.74) is -2.00. The Morgan fingerprint density at radius 3 is 2.71 bits per heavy atom. The molecule has 0 spiro atoms. The summed E-state index contributed by atoms with van der Waals surface area (Å²) in [4.78, 5) is 43.3. The zero-order valence-electron chi connectivity index (χ0n) is 17.4. The number of nitrogens with one attached hydrogen (secondary N) is 3. The maximum absolute atomic E-state index is 14.3. The van der Waals surface area contributed by atoms with Crippen LogP contribution >= 0.6 is 0 Å². The number of rotatable bonds is 7. The van der Waals surface area contributed by atoms with Gasteiger partial charge < -0.3 is 14.5 Å². The van der Waals surface area contributed by atoms with E-state index in [1.165, 1.54) is 23.0 Å². The van der Waals surface area contributed by atoms with Crippen molar-refractivity contribution in [3.8, 4) is 17.0 Å². The number of alkyl halides is 2. The van der Waals surface area contributed by atoms with E-state index in [0.29, 0.717) is 6.07 Å². The van der Waals surface area contributed by atoms with Gasteiger partial charge in [-0.25, -0.2) is 27.9 Å². The molecule has 4 rings (SSSR count). The molecule has 0 aliphatic carbocycles. The molecule has 4 aromatic rings. The Morgan fingerprint density at radius 1 is 1.17 bits per heavy atom. The number of hydrogen-bond donors (Lipinski definition) is 3. The van der Waals surface area contributed by atoms with Gasteiger partial charge in [0.15, 0.2) is 24.6 Å². The Hall–Kier alpha value is -4.69. The lowest BCUT2D eigenvalue weighted by molar-refractivity contribution is -0.0811. The average molecular weight is 494 g/mol. The molecule has 11 nitrogen and oxygen atoms in total. The fourth-order valence-corrected chi connectivity index (χ4v) is 2.86.